The van der Waals surface area contributed by atoms with Crippen molar-refractivity contribution in [1.82, 2.24) is 0 Å². The fourth-order valence-electron chi connectivity index (χ4n) is 1.43. The number of halogens is 2. The van der Waals surface area contributed by atoms with E-state index in [0.29, 0.717) is 18.7 Å². The lowest BCUT2D eigenvalue weighted by Crippen LogP contribution is -2.14. The van der Waals surface area contributed by atoms with Gasteiger partial charge in [-0.1, -0.05) is 0 Å². The second-order valence-corrected chi connectivity index (χ2v) is 3.63. The van der Waals surface area contributed by atoms with Crippen LogP contribution in [0, 0.1) is 5.82 Å². The number of amides is 1. The molecule has 0 aliphatic rings. The van der Waals surface area contributed by atoms with Crippen LogP contribution in [0.2, 0.25) is 0 Å². The van der Waals surface area contributed by atoms with Crippen LogP contribution in [0.4, 0.5) is 10.1 Å². The normalized spacial score (nSPS) is 9.47. The Hall–Kier alpha value is -1.53. The molecule has 19 heavy (non-hydrogen) atoms. The van der Waals surface area contributed by atoms with Gasteiger partial charge in [0.05, 0.1) is 19.9 Å². The summed E-state index contributed by atoms with van der Waals surface area (Å²) < 4.78 is 23.4. The van der Waals surface area contributed by atoms with Crippen molar-refractivity contribution in [3.05, 3.63) is 17.9 Å². The summed E-state index contributed by atoms with van der Waals surface area (Å²) in [4.78, 5) is 11.5. The van der Waals surface area contributed by atoms with E-state index >= 15 is 0 Å². The van der Waals surface area contributed by atoms with Crippen molar-refractivity contribution in [3.63, 3.8) is 0 Å². The van der Waals surface area contributed by atoms with Crippen LogP contribution >= 0.6 is 12.4 Å². The third-order valence-corrected chi connectivity index (χ3v) is 2.36. The quantitative estimate of drug-likeness (QED) is 0.840. The molecule has 5 nitrogen and oxygen atoms in total. The summed E-state index contributed by atoms with van der Waals surface area (Å²) >= 11 is 0. The van der Waals surface area contributed by atoms with E-state index < -0.39 is 5.82 Å². The molecule has 1 aromatic carbocycles. The molecule has 0 atom stereocenters. The number of benzene rings is 1. The highest BCUT2D eigenvalue weighted by atomic mass is 35.5. The van der Waals surface area contributed by atoms with Crippen molar-refractivity contribution >= 4 is 24.0 Å². The molecule has 1 amide bonds. The van der Waals surface area contributed by atoms with Crippen LogP contribution in [-0.2, 0) is 4.79 Å². The van der Waals surface area contributed by atoms with Gasteiger partial charge in [-0.25, -0.2) is 4.39 Å². The van der Waals surface area contributed by atoms with E-state index in [1.54, 1.807) is 0 Å². The predicted molar refractivity (Wildman–Crippen MR) is 73.7 cm³/mol. The third-order valence-electron chi connectivity index (χ3n) is 2.36. The minimum Gasteiger partial charge on any atom is -0.494 e. The predicted octanol–water partition coefficient (Wildman–Crippen LogP) is 1.94. The molecule has 0 unspecified atom stereocenters. The van der Waals surface area contributed by atoms with Crippen LogP contribution in [0.3, 0.4) is 0 Å². The van der Waals surface area contributed by atoms with Gasteiger partial charge in [0, 0.05) is 18.6 Å². The van der Waals surface area contributed by atoms with Crippen molar-refractivity contribution in [3.8, 4) is 11.5 Å². The number of nitrogens with two attached hydrogens (primary N) is 1. The van der Waals surface area contributed by atoms with Gasteiger partial charge in [0.15, 0.2) is 11.6 Å². The number of carbonyl (C=O) groups excluding carboxylic acids is 1. The Morgan fingerprint density at radius 1 is 1.32 bits per heavy atom. The second kappa shape index (κ2) is 8.55. The van der Waals surface area contributed by atoms with Gasteiger partial charge in [0.2, 0.25) is 5.91 Å². The standard InChI is InChI=1S/C12H17FN2O3.ClH/c1-17-10-7-11(18-2)9(6-8(10)13)15-12(16)4-3-5-14;/h6-7H,3-5,14H2,1-2H3,(H,15,16);1H. The monoisotopic (exact) mass is 292 g/mol. The van der Waals surface area contributed by atoms with Crippen molar-refractivity contribution in [2.45, 2.75) is 12.8 Å². The summed E-state index contributed by atoms with van der Waals surface area (Å²) in [5.41, 5.74) is 5.58. The van der Waals surface area contributed by atoms with Crippen LogP contribution in [0.15, 0.2) is 12.1 Å². The molecule has 0 heterocycles. The fourth-order valence-corrected chi connectivity index (χ4v) is 1.43. The topological polar surface area (TPSA) is 73.6 Å². The maximum Gasteiger partial charge on any atom is 0.224 e. The van der Waals surface area contributed by atoms with Gasteiger partial charge in [0.1, 0.15) is 5.75 Å². The Bertz CT molecular complexity index is 430. The summed E-state index contributed by atoms with van der Waals surface area (Å²) in [5.74, 6) is -0.392. The van der Waals surface area contributed by atoms with Gasteiger partial charge in [-0.05, 0) is 13.0 Å². The molecule has 0 spiro atoms. The summed E-state index contributed by atoms with van der Waals surface area (Å²) in [6, 6.07) is 2.55. The molecule has 1 rings (SSSR count). The molecule has 0 aromatic heterocycles. The highest BCUT2D eigenvalue weighted by Crippen LogP contribution is 2.31. The largest absolute Gasteiger partial charge is 0.494 e. The van der Waals surface area contributed by atoms with E-state index in [1.165, 1.54) is 20.3 Å². The first-order chi connectivity index (χ1) is 8.62. The van der Waals surface area contributed by atoms with Crippen LogP contribution < -0.4 is 20.5 Å². The number of methoxy groups -OCH3 is 2. The first kappa shape index (κ1) is 17.5. The highest BCUT2D eigenvalue weighted by molar-refractivity contribution is 5.92. The lowest BCUT2D eigenvalue weighted by molar-refractivity contribution is -0.116. The van der Waals surface area contributed by atoms with E-state index in [-0.39, 0.29) is 36.2 Å². The molecule has 0 saturated heterocycles. The summed E-state index contributed by atoms with van der Waals surface area (Å²) in [5, 5.41) is 2.57. The highest BCUT2D eigenvalue weighted by Gasteiger charge is 2.13. The Morgan fingerprint density at radius 3 is 2.47 bits per heavy atom. The summed E-state index contributed by atoms with van der Waals surface area (Å²) in [7, 11) is 2.79. The zero-order chi connectivity index (χ0) is 13.5. The molecule has 108 valence electrons. The van der Waals surface area contributed by atoms with Crippen molar-refractivity contribution in [2.75, 3.05) is 26.1 Å². The van der Waals surface area contributed by atoms with Crippen molar-refractivity contribution in [2.24, 2.45) is 5.73 Å². The molecule has 7 heteroatoms. The van der Waals surface area contributed by atoms with Gasteiger partial charge in [-0.3, -0.25) is 4.79 Å². The molecular formula is C12H18ClFN2O3. The molecule has 0 aliphatic carbocycles. The lowest BCUT2D eigenvalue weighted by atomic mass is 10.2. The lowest BCUT2D eigenvalue weighted by Gasteiger charge is -2.12. The minimum absolute atomic E-state index is 0. The number of rotatable bonds is 6. The minimum atomic E-state index is -0.563. The number of hydrogen-bond acceptors (Lipinski definition) is 4. The zero-order valence-electron chi connectivity index (χ0n) is 10.9. The number of hydrogen-bond donors (Lipinski definition) is 2. The van der Waals surface area contributed by atoms with E-state index in [1.807, 2.05) is 0 Å². The van der Waals surface area contributed by atoms with Crippen molar-refractivity contribution < 1.29 is 18.7 Å². The molecule has 1 aromatic rings. The molecule has 0 aliphatic heterocycles. The maximum absolute atomic E-state index is 13.5. The average molecular weight is 293 g/mol. The fraction of sp³-hybridized carbons (Fsp3) is 0.417. The van der Waals surface area contributed by atoms with Crippen LogP contribution in [0.25, 0.3) is 0 Å². The van der Waals surface area contributed by atoms with Gasteiger partial charge >= 0.3 is 0 Å². The van der Waals surface area contributed by atoms with E-state index in [2.05, 4.69) is 5.32 Å². The van der Waals surface area contributed by atoms with Gasteiger partial charge in [-0.15, -0.1) is 12.4 Å². The van der Waals surface area contributed by atoms with E-state index in [4.69, 9.17) is 15.2 Å². The summed E-state index contributed by atoms with van der Waals surface area (Å²) in [6.07, 6.45) is 0.861. The zero-order valence-corrected chi connectivity index (χ0v) is 11.7. The average Bonchev–Trinajstić information content (AvgIpc) is 2.36. The van der Waals surface area contributed by atoms with Gasteiger partial charge in [-0.2, -0.15) is 0 Å². The van der Waals surface area contributed by atoms with E-state index in [0.717, 1.165) is 6.07 Å². The first-order valence-corrected chi connectivity index (χ1v) is 5.53. The summed E-state index contributed by atoms with van der Waals surface area (Å²) in [6.45, 7) is 0.432. The number of anilines is 1. The van der Waals surface area contributed by atoms with Gasteiger partial charge in [0.25, 0.3) is 0 Å². The Balaban J connectivity index is 0.00000324. The maximum atomic E-state index is 13.5. The van der Waals surface area contributed by atoms with Crippen LogP contribution in [0.1, 0.15) is 12.8 Å². The number of carbonyl (C=O) groups is 1. The van der Waals surface area contributed by atoms with Crippen LogP contribution in [-0.4, -0.2) is 26.7 Å². The molecule has 0 fully saturated rings. The Kier molecular flexibility index (Phi) is 7.86. The SMILES string of the molecule is COc1cc(OC)c(NC(=O)CCCN)cc1F.Cl. The number of nitrogens with one attached hydrogen (secondary N) is 1. The first-order valence-electron chi connectivity index (χ1n) is 5.53. The van der Waals surface area contributed by atoms with Gasteiger partial charge < -0.3 is 20.5 Å². The van der Waals surface area contributed by atoms with Crippen LogP contribution in [0.5, 0.6) is 11.5 Å². The number of ether oxygens (including phenoxy) is 2. The molecule has 3 N–H and O–H groups in total. The molecular weight excluding hydrogens is 275 g/mol. The molecule has 0 radical (unpaired) electrons. The Labute approximate surface area is 117 Å². The van der Waals surface area contributed by atoms with E-state index in [9.17, 15) is 9.18 Å². The Morgan fingerprint density at radius 2 is 1.95 bits per heavy atom. The second-order valence-electron chi connectivity index (χ2n) is 3.63. The smallest absolute Gasteiger partial charge is 0.224 e. The molecule has 0 bridgehead atoms. The third kappa shape index (κ3) is 4.92. The van der Waals surface area contributed by atoms with Crippen molar-refractivity contribution in [1.29, 1.82) is 0 Å². The molecule has 0 saturated carbocycles.